The minimum absolute atomic E-state index is 0.260. The van der Waals surface area contributed by atoms with Crippen LogP contribution in [0, 0.1) is 5.92 Å². The number of hydrogen-bond donors (Lipinski definition) is 1. The molecule has 0 aliphatic heterocycles. The summed E-state index contributed by atoms with van der Waals surface area (Å²) in [5.74, 6) is 0.957. The molecule has 1 aromatic rings. The molecule has 2 N–H and O–H groups in total. The Balaban J connectivity index is 1.76. The Bertz CT molecular complexity index is 319. The molecule has 0 bridgehead atoms. The van der Waals surface area contributed by atoms with E-state index in [2.05, 4.69) is 42.2 Å². The Kier molecular flexibility index (Phi) is 4.57. The van der Waals surface area contributed by atoms with Gasteiger partial charge in [0.25, 0.3) is 0 Å². The first-order valence-corrected chi connectivity index (χ1v) is 6.79. The predicted octanol–water partition coefficient (Wildman–Crippen LogP) is 2.29. The lowest BCUT2D eigenvalue weighted by Crippen LogP contribution is -2.39. The highest BCUT2D eigenvalue weighted by Crippen LogP contribution is 2.29. The summed E-state index contributed by atoms with van der Waals surface area (Å²) in [4.78, 5) is 2.51. The Morgan fingerprint density at radius 1 is 1.29 bits per heavy atom. The van der Waals surface area contributed by atoms with Crippen molar-refractivity contribution in [3.63, 3.8) is 0 Å². The fourth-order valence-corrected chi connectivity index (χ4v) is 2.31. The van der Waals surface area contributed by atoms with Crippen LogP contribution in [0.1, 0.15) is 25.3 Å². The normalized spacial score (nSPS) is 17.4. The standard InChI is InChI=1S/C15H24N2/c1-2-17(11-14-8-9-14)12-15(16)10-13-6-4-3-5-7-13/h3-7,14-15H,2,8-12,16H2,1H3/t15-/m1/s1. The fraction of sp³-hybridized carbons (Fsp3) is 0.600. The Labute approximate surface area is 105 Å². The van der Waals surface area contributed by atoms with E-state index in [0.717, 1.165) is 25.4 Å². The lowest BCUT2D eigenvalue weighted by Gasteiger charge is -2.24. The van der Waals surface area contributed by atoms with E-state index in [9.17, 15) is 0 Å². The van der Waals surface area contributed by atoms with Crippen LogP contribution in [0.25, 0.3) is 0 Å². The second-order valence-corrected chi connectivity index (χ2v) is 5.25. The van der Waals surface area contributed by atoms with Gasteiger partial charge in [0.05, 0.1) is 0 Å². The molecule has 1 aromatic carbocycles. The van der Waals surface area contributed by atoms with Gasteiger partial charge >= 0.3 is 0 Å². The molecule has 0 spiro atoms. The molecule has 1 atom stereocenters. The SMILES string of the molecule is CCN(CC1CC1)C[C@H](N)Cc1ccccc1. The van der Waals surface area contributed by atoms with Crippen molar-refractivity contribution in [1.29, 1.82) is 0 Å². The summed E-state index contributed by atoms with van der Waals surface area (Å²) >= 11 is 0. The van der Waals surface area contributed by atoms with Gasteiger partial charge in [-0.15, -0.1) is 0 Å². The van der Waals surface area contributed by atoms with Gasteiger partial charge in [-0.25, -0.2) is 0 Å². The van der Waals surface area contributed by atoms with Gasteiger partial charge in [-0.3, -0.25) is 0 Å². The molecular weight excluding hydrogens is 208 g/mol. The summed E-state index contributed by atoms with van der Waals surface area (Å²) < 4.78 is 0. The van der Waals surface area contributed by atoms with Gasteiger partial charge in [-0.1, -0.05) is 37.3 Å². The van der Waals surface area contributed by atoms with Crippen molar-refractivity contribution in [2.24, 2.45) is 11.7 Å². The third kappa shape index (κ3) is 4.49. The summed E-state index contributed by atoms with van der Waals surface area (Å²) in [5.41, 5.74) is 7.59. The smallest absolute Gasteiger partial charge is 0.0208 e. The zero-order valence-corrected chi connectivity index (χ0v) is 10.8. The molecule has 2 rings (SSSR count). The van der Waals surface area contributed by atoms with Crippen LogP contribution in [-0.2, 0) is 6.42 Å². The van der Waals surface area contributed by atoms with E-state index in [1.807, 2.05) is 0 Å². The minimum Gasteiger partial charge on any atom is -0.326 e. The highest BCUT2D eigenvalue weighted by Gasteiger charge is 2.24. The maximum Gasteiger partial charge on any atom is 0.0208 e. The third-order valence-electron chi connectivity index (χ3n) is 3.49. The monoisotopic (exact) mass is 232 g/mol. The number of nitrogens with two attached hydrogens (primary N) is 1. The van der Waals surface area contributed by atoms with Crippen molar-refractivity contribution >= 4 is 0 Å². The van der Waals surface area contributed by atoms with E-state index in [0.29, 0.717) is 0 Å². The summed E-state index contributed by atoms with van der Waals surface area (Å²) in [7, 11) is 0. The molecule has 0 aromatic heterocycles. The van der Waals surface area contributed by atoms with Crippen molar-refractivity contribution in [2.45, 2.75) is 32.2 Å². The Hall–Kier alpha value is -0.860. The Morgan fingerprint density at radius 3 is 2.59 bits per heavy atom. The van der Waals surface area contributed by atoms with Gasteiger partial charge < -0.3 is 10.6 Å². The van der Waals surface area contributed by atoms with Crippen LogP contribution < -0.4 is 5.73 Å². The number of benzene rings is 1. The van der Waals surface area contributed by atoms with Crippen LogP contribution in [0.5, 0.6) is 0 Å². The summed E-state index contributed by atoms with van der Waals surface area (Å²) in [6.45, 7) is 5.64. The first-order valence-electron chi connectivity index (χ1n) is 6.79. The minimum atomic E-state index is 0.260. The molecule has 0 radical (unpaired) electrons. The average molecular weight is 232 g/mol. The molecule has 0 heterocycles. The van der Waals surface area contributed by atoms with Crippen molar-refractivity contribution in [3.05, 3.63) is 35.9 Å². The van der Waals surface area contributed by atoms with Crippen LogP contribution in [-0.4, -0.2) is 30.6 Å². The quantitative estimate of drug-likeness (QED) is 0.781. The second-order valence-electron chi connectivity index (χ2n) is 5.25. The van der Waals surface area contributed by atoms with Crippen LogP contribution in [0.15, 0.2) is 30.3 Å². The van der Waals surface area contributed by atoms with Crippen molar-refractivity contribution < 1.29 is 0 Å². The predicted molar refractivity (Wildman–Crippen MR) is 73.0 cm³/mol. The Morgan fingerprint density at radius 2 is 2.00 bits per heavy atom. The van der Waals surface area contributed by atoms with Gasteiger partial charge in [-0.2, -0.15) is 0 Å². The third-order valence-corrected chi connectivity index (χ3v) is 3.49. The molecule has 0 unspecified atom stereocenters. The van der Waals surface area contributed by atoms with E-state index in [-0.39, 0.29) is 6.04 Å². The molecule has 1 saturated carbocycles. The largest absolute Gasteiger partial charge is 0.326 e. The maximum atomic E-state index is 6.24. The van der Waals surface area contributed by atoms with Gasteiger partial charge in [0.1, 0.15) is 0 Å². The van der Waals surface area contributed by atoms with Gasteiger partial charge in [0.15, 0.2) is 0 Å². The number of likely N-dealkylation sites (N-methyl/N-ethyl adjacent to an activating group) is 1. The molecule has 1 aliphatic carbocycles. The fourth-order valence-electron chi connectivity index (χ4n) is 2.31. The van der Waals surface area contributed by atoms with Crippen LogP contribution in [0.2, 0.25) is 0 Å². The van der Waals surface area contributed by atoms with Crippen molar-refractivity contribution in [3.8, 4) is 0 Å². The van der Waals surface area contributed by atoms with Gasteiger partial charge in [0, 0.05) is 19.1 Å². The number of rotatable bonds is 7. The summed E-state index contributed by atoms with van der Waals surface area (Å²) in [6.07, 6.45) is 3.83. The average Bonchev–Trinajstić information content (AvgIpc) is 3.13. The highest BCUT2D eigenvalue weighted by molar-refractivity contribution is 5.15. The van der Waals surface area contributed by atoms with Crippen LogP contribution >= 0.6 is 0 Å². The topological polar surface area (TPSA) is 29.3 Å². The lowest BCUT2D eigenvalue weighted by molar-refractivity contribution is 0.258. The van der Waals surface area contributed by atoms with Gasteiger partial charge in [0.2, 0.25) is 0 Å². The summed E-state index contributed by atoms with van der Waals surface area (Å²) in [5, 5.41) is 0. The van der Waals surface area contributed by atoms with Crippen molar-refractivity contribution in [1.82, 2.24) is 4.90 Å². The number of hydrogen-bond acceptors (Lipinski definition) is 2. The van der Waals surface area contributed by atoms with E-state index < -0.39 is 0 Å². The van der Waals surface area contributed by atoms with Crippen molar-refractivity contribution in [2.75, 3.05) is 19.6 Å². The molecule has 2 heteroatoms. The van der Waals surface area contributed by atoms with E-state index in [4.69, 9.17) is 5.73 Å². The van der Waals surface area contributed by atoms with E-state index in [1.54, 1.807) is 0 Å². The first kappa shape index (κ1) is 12.6. The molecule has 0 saturated heterocycles. The molecule has 17 heavy (non-hydrogen) atoms. The molecule has 94 valence electrons. The van der Waals surface area contributed by atoms with E-state index in [1.165, 1.54) is 24.9 Å². The molecule has 1 fully saturated rings. The maximum absolute atomic E-state index is 6.24. The van der Waals surface area contributed by atoms with E-state index >= 15 is 0 Å². The van der Waals surface area contributed by atoms with Crippen LogP contribution in [0.4, 0.5) is 0 Å². The molecule has 1 aliphatic rings. The lowest BCUT2D eigenvalue weighted by atomic mass is 10.1. The second kappa shape index (κ2) is 6.18. The first-order chi connectivity index (χ1) is 8.28. The zero-order valence-electron chi connectivity index (χ0n) is 10.8. The molecule has 0 amide bonds. The highest BCUT2D eigenvalue weighted by atomic mass is 15.1. The van der Waals surface area contributed by atoms with Gasteiger partial charge in [-0.05, 0) is 37.3 Å². The number of nitrogens with zero attached hydrogens (tertiary/aromatic N) is 1. The summed E-state index contributed by atoms with van der Waals surface area (Å²) in [6, 6.07) is 10.8. The molecule has 2 nitrogen and oxygen atoms in total. The molecular formula is C15H24N2. The van der Waals surface area contributed by atoms with Crippen LogP contribution in [0.3, 0.4) is 0 Å². The zero-order chi connectivity index (χ0) is 12.1.